The van der Waals surface area contributed by atoms with Crippen LogP contribution in [0.1, 0.15) is 5.56 Å². The summed E-state index contributed by atoms with van der Waals surface area (Å²) >= 11 is 9.04. The third-order valence-electron chi connectivity index (χ3n) is 3.85. The third-order valence-corrected chi connectivity index (χ3v) is 4.87. The molecule has 2 nitrogen and oxygen atoms in total. The predicted octanol–water partition coefficient (Wildman–Crippen LogP) is 4.09. The number of anilines is 1. The number of piperazine rings is 1. The Kier molecular flexibility index (Phi) is 4.74. The van der Waals surface area contributed by atoms with Crippen molar-refractivity contribution in [3.63, 3.8) is 0 Å². The van der Waals surface area contributed by atoms with Gasteiger partial charge in [-0.3, -0.25) is 0 Å². The van der Waals surface area contributed by atoms with Gasteiger partial charge in [0, 0.05) is 41.9 Å². The second kappa shape index (κ2) is 6.75. The summed E-state index contributed by atoms with van der Waals surface area (Å²) in [5.41, 5.74) is 2.14. The Labute approximate surface area is 143 Å². The second-order valence-corrected chi connectivity index (χ2v) is 6.56. The lowest BCUT2D eigenvalue weighted by atomic mass is 10.2. The van der Waals surface area contributed by atoms with Crippen LogP contribution in [0, 0.1) is 5.82 Å². The Morgan fingerprint density at radius 2 is 1.50 bits per heavy atom. The molecule has 1 aliphatic rings. The molecule has 5 heteroatoms. The Morgan fingerprint density at radius 3 is 2.09 bits per heavy atom. The summed E-state index contributed by atoms with van der Waals surface area (Å²) in [6.07, 6.45) is 0. The zero-order chi connectivity index (χ0) is 15.5. The molecule has 0 bridgehead atoms. The number of benzene rings is 2. The fraction of sp³-hybridized carbons (Fsp3) is 0.235. The van der Waals surface area contributed by atoms with Crippen molar-refractivity contribution in [3.05, 3.63) is 64.4 Å². The number of thiocarbonyl (C=S) groups is 1. The van der Waals surface area contributed by atoms with Crippen LogP contribution in [0.3, 0.4) is 0 Å². The zero-order valence-corrected chi connectivity index (χ0v) is 14.4. The van der Waals surface area contributed by atoms with Crippen molar-refractivity contribution in [1.29, 1.82) is 0 Å². The number of hydrogen-bond acceptors (Lipinski definition) is 2. The van der Waals surface area contributed by atoms with Crippen LogP contribution in [-0.4, -0.2) is 36.1 Å². The summed E-state index contributed by atoms with van der Waals surface area (Å²) in [5.74, 6) is -0.196. The van der Waals surface area contributed by atoms with Crippen LogP contribution in [0.5, 0.6) is 0 Å². The summed E-state index contributed by atoms with van der Waals surface area (Å²) in [7, 11) is 0. The Hall–Kier alpha value is -1.46. The molecule has 0 atom stereocenters. The average molecular weight is 379 g/mol. The third kappa shape index (κ3) is 3.47. The van der Waals surface area contributed by atoms with Crippen molar-refractivity contribution >= 4 is 38.8 Å². The van der Waals surface area contributed by atoms with Crippen LogP contribution in [-0.2, 0) is 0 Å². The molecule has 0 saturated carbocycles. The molecule has 0 amide bonds. The van der Waals surface area contributed by atoms with E-state index in [1.807, 2.05) is 36.4 Å². The first-order valence-electron chi connectivity index (χ1n) is 7.19. The summed E-state index contributed by atoms with van der Waals surface area (Å²) in [6.45, 7) is 3.54. The van der Waals surface area contributed by atoms with E-state index in [4.69, 9.17) is 12.2 Å². The normalized spacial score (nSPS) is 15.0. The maximum absolute atomic E-state index is 13.0. The molecule has 1 heterocycles. The standard InChI is InChI=1S/C17H16BrFN2S/c18-14-3-1-13(2-4-14)17(22)21-11-9-20(10-12-21)16-7-5-15(19)6-8-16/h1-8H,9-12H2. The van der Waals surface area contributed by atoms with E-state index < -0.39 is 0 Å². The molecule has 2 aromatic carbocycles. The molecule has 0 N–H and O–H groups in total. The van der Waals surface area contributed by atoms with Gasteiger partial charge in [0.25, 0.3) is 0 Å². The van der Waals surface area contributed by atoms with Crippen molar-refractivity contribution in [2.24, 2.45) is 0 Å². The first kappa shape index (κ1) is 15.4. The average Bonchev–Trinajstić information content (AvgIpc) is 2.56. The van der Waals surface area contributed by atoms with E-state index in [9.17, 15) is 4.39 Å². The van der Waals surface area contributed by atoms with Crippen molar-refractivity contribution in [3.8, 4) is 0 Å². The van der Waals surface area contributed by atoms with Crippen molar-refractivity contribution < 1.29 is 4.39 Å². The Balaban J connectivity index is 1.62. The van der Waals surface area contributed by atoms with E-state index in [-0.39, 0.29) is 5.82 Å². The van der Waals surface area contributed by atoms with E-state index >= 15 is 0 Å². The highest BCUT2D eigenvalue weighted by Crippen LogP contribution is 2.19. The minimum absolute atomic E-state index is 0.196. The molecule has 0 unspecified atom stereocenters. The summed E-state index contributed by atoms with van der Waals surface area (Å²) < 4.78 is 14.0. The van der Waals surface area contributed by atoms with Gasteiger partial charge in [-0.2, -0.15) is 0 Å². The van der Waals surface area contributed by atoms with Gasteiger partial charge in [0.2, 0.25) is 0 Å². The maximum atomic E-state index is 13.0. The molecule has 0 spiro atoms. The smallest absolute Gasteiger partial charge is 0.123 e. The van der Waals surface area contributed by atoms with E-state index in [0.717, 1.165) is 46.9 Å². The number of hydrogen-bond donors (Lipinski definition) is 0. The molecular weight excluding hydrogens is 363 g/mol. The Morgan fingerprint density at radius 1 is 0.909 bits per heavy atom. The fourth-order valence-corrected chi connectivity index (χ4v) is 3.18. The lowest BCUT2D eigenvalue weighted by Crippen LogP contribution is -2.48. The van der Waals surface area contributed by atoms with Crippen LogP contribution in [0.4, 0.5) is 10.1 Å². The van der Waals surface area contributed by atoms with Crippen LogP contribution >= 0.6 is 28.1 Å². The van der Waals surface area contributed by atoms with Gasteiger partial charge in [-0.1, -0.05) is 40.3 Å². The minimum Gasteiger partial charge on any atom is -0.368 e. The van der Waals surface area contributed by atoms with Crippen LogP contribution in [0.2, 0.25) is 0 Å². The topological polar surface area (TPSA) is 6.48 Å². The first-order chi connectivity index (χ1) is 10.6. The molecule has 0 aliphatic carbocycles. The van der Waals surface area contributed by atoms with Gasteiger partial charge in [-0.15, -0.1) is 0 Å². The van der Waals surface area contributed by atoms with Crippen molar-refractivity contribution in [2.45, 2.75) is 0 Å². The quantitative estimate of drug-likeness (QED) is 0.726. The van der Waals surface area contributed by atoms with E-state index in [0.29, 0.717) is 0 Å². The number of nitrogens with zero attached hydrogens (tertiary/aromatic N) is 2. The summed E-state index contributed by atoms with van der Waals surface area (Å²) in [6, 6.07) is 14.8. The zero-order valence-electron chi connectivity index (χ0n) is 12.0. The van der Waals surface area contributed by atoms with E-state index in [1.54, 1.807) is 0 Å². The van der Waals surface area contributed by atoms with Crippen molar-refractivity contribution in [2.75, 3.05) is 31.1 Å². The lowest BCUT2D eigenvalue weighted by Gasteiger charge is -2.37. The maximum Gasteiger partial charge on any atom is 0.123 e. The lowest BCUT2D eigenvalue weighted by molar-refractivity contribution is 0.392. The van der Waals surface area contributed by atoms with Gasteiger partial charge < -0.3 is 9.80 Å². The molecule has 2 aromatic rings. The number of halogens is 2. The van der Waals surface area contributed by atoms with Crippen LogP contribution in [0.15, 0.2) is 53.0 Å². The molecule has 0 aromatic heterocycles. The monoisotopic (exact) mass is 378 g/mol. The summed E-state index contributed by atoms with van der Waals surface area (Å²) in [5, 5.41) is 0. The van der Waals surface area contributed by atoms with Gasteiger partial charge in [-0.05, 0) is 36.4 Å². The SMILES string of the molecule is Fc1ccc(N2CCN(C(=S)c3ccc(Br)cc3)CC2)cc1. The molecular formula is C17H16BrFN2S. The van der Waals surface area contributed by atoms with E-state index in [2.05, 4.69) is 25.7 Å². The van der Waals surface area contributed by atoms with Gasteiger partial charge in [0.05, 0.1) is 0 Å². The highest BCUT2D eigenvalue weighted by molar-refractivity contribution is 9.10. The molecule has 1 saturated heterocycles. The molecule has 1 aliphatic heterocycles. The molecule has 0 radical (unpaired) electrons. The highest BCUT2D eigenvalue weighted by atomic mass is 79.9. The van der Waals surface area contributed by atoms with Crippen LogP contribution in [0.25, 0.3) is 0 Å². The van der Waals surface area contributed by atoms with Gasteiger partial charge in [0.15, 0.2) is 0 Å². The Bertz CT molecular complexity index is 649. The largest absolute Gasteiger partial charge is 0.368 e. The fourth-order valence-electron chi connectivity index (χ4n) is 2.59. The summed E-state index contributed by atoms with van der Waals surface area (Å²) in [4.78, 5) is 5.39. The number of rotatable bonds is 2. The molecule has 114 valence electrons. The van der Waals surface area contributed by atoms with Gasteiger partial charge >= 0.3 is 0 Å². The highest BCUT2D eigenvalue weighted by Gasteiger charge is 2.19. The first-order valence-corrected chi connectivity index (χ1v) is 8.39. The van der Waals surface area contributed by atoms with Crippen molar-refractivity contribution in [1.82, 2.24) is 4.90 Å². The van der Waals surface area contributed by atoms with Crippen LogP contribution < -0.4 is 4.90 Å². The van der Waals surface area contributed by atoms with E-state index in [1.165, 1.54) is 12.1 Å². The predicted molar refractivity (Wildman–Crippen MR) is 96.0 cm³/mol. The van der Waals surface area contributed by atoms with Gasteiger partial charge in [0.1, 0.15) is 10.8 Å². The molecule has 22 heavy (non-hydrogen) atoms. The van der Waals surface area contributed by atoms with Gasteiger partial charge in [-0.25, -0.2) is 4.39 Å². The second-order valence-electron chi connectivity index (χ2n) is 5.26. The molecule has 1 fully saturated rings. The minimum atomic E-state index is -0.196. The molecule has 3 rings (SSSR count).